The van der Waals surface area contributed by atoms with Crippen LogP contribution in [0.15, 0.2) is 17.5 Å². The fourth-order valence-electron chi connectivity index (χ4n) is 1.53. The van der Waals surface area contributed by atoms with Crippen molar-refractivity contribution in [1.29, 1.82) is 0 Å². The van der Waals surface area contributed by atoms with Crippen LogP contribution in [-0.2, 0) is 0 Å². The summed E-state index contributed by atoms with van der Waals surface area (Å²) in [5.74, 6) is 0.994. The molecule has 2 aromatic rings. The van der Waals surface area contributed by atoms with Gasteiger partial charge in [0, 0.05) is 0 Å². The van der Waals surface area contributed by atoms with Crippen molar-refractivity contribution in [2.45, 2.75) is 13.8 Å². The zero-order chi connectivity index (χ0) is 9.42. The maximum Gasteiger partial charge on any atom is 0.136 e. The number of hydrogen-bond acceptors (Lipinski definition) is 2. The van der Waals surface area contributed by atoms with Crippen LogP contribution in [0, 0.1) is 13.8 Å². The molecule has 0 radical (unpaired) electrons. The smallest absolute Gasteiger partial charge is 0.136 e. The molecule has 0 spiro atoms. The van der Waals surface area contributed by atoms with E-state index in [4.69, 9.17) is 4.74 Å². The van der Waals surface area contributed by atoms with E-state index in [1.54, 1.807) is 18.4 Å². The molecule has 0 fully saturated rings. The van der Waals surface area contributed by atoms with E-state index in [2.05, 4.69) is 31.4 Å². The Labute approximate surface area is 82.0 Å². The van der Waals surface area contributed by atoms with E-state index < -0.39 is 0 Å². The van der Waals surface area contributed by atoms with E-state index in [9.17, 15) is 0 Å². The summed E-state index contributed by atoms with van der Waals surface area (Å²) in [5.41, 5.74) is 2.65. The summed E-state index contributed by atoms with van der Waals surface area (Å²) >= 11 is 1.74. The molecule has 1 aromatic heterocycles. The van der Waals surface area contributed by atoms with Gasteiger partial charge in [-0.05, 0) is 47.9 Å². The van der Waals surface area contributed by atoms with Gasteiger partial charge in [0.25, 0.3) is 0 Å². The molecule has 1 aromatic carbocycles. The predicted molar refractivity (Wildman–Crippen MR) is 57.9 cm³/mol. The molecule has 0 aliphatic carbocycles. The molecule has 0 aliphatic heterocycles. The Morgan fingerprint density at radius 1 is 1.31 bits per heavy atom. The van der Waals surface area contributed by atoms with Crippen LogP contribution in [0.2, 0.25) is 0 Å². The minimum Gasteiger partial charge on any atom is -0.495 e. The van der Waals surface area contributed by atoms with Crippen molar-refractivity contribution in [1.82, 2.24) is 0 Å². The molecule has 0 saturated carbocycles. The molecule has 0 aliphatic rings. The maximum atomic E-state index is 5.33. The first-order valence-corrected chi connectivity index (χ1v) is 5.13. The van der Waals surface area contributed by atoms with Gasteiger partial charge in [0.1, 0.15) is 5.75 Å². The van der Waals surface area contributed by atoms with Crippen LogP contribution in [-0.4, -0.2) is 7.11 Å². The van der Waals surface area contributed by atoms with E-state index in [0.29, 0.717) is 0 Å². The summed E-state index contributed by atoms with van der Waals surface area (Å²) in [6.07, 6.45) is 0. The number of benzene rings is 1. The molecule has 2 heteroatoms. The lowest BCUT2D eigenvalue weighted by atomic mass is 10.1. The molecule has 68 valence electrons. The third-order valence-electron chi connectivity index (χ3n) is 2.45. The number of fused-ring (bicyclic) bond motifs is 1. The molecule has 0 bridgehead atoms. The molecule has 13 heavy (non-hydrogen) atoms. The number of aryl methyl sites for hydroxylation is 2. The van der Waals surface area contributed by atoms with Gasteiger partial charge in [-0.2, -0.15) is 0 Å². The van der Waals surface area contributed by atoms with Crippen LogP contribution >= 0.6 is 11.3 Å². The van der Waals surface area contributed by atoms with Crippen LogP contribution in [0.5, 0.6) is 5.75 Å². The predicted octanol–water partition coefficient (Wildman–Crippen LogP) is 3.53. The van der Waals surface area contributed by atoms with Crippen molar-refractivity contribution in [3.63, 3.8) is 0 Å². The lowest BCUT2D eigenvalue weighted by Crippen LogP contribution is -1.87. The normalized spacial score (nSPS) is 10.7. The average Bonchev–Trinajstić information content (AvgIpc) is 2.60. The maximum absolute atomic E-state index is 5.33. The minimum atomic E-state index is 0.994. The molecule has 0 atom stereocenters. The van der Waals surface area contributed by atoms with Gasteiger partial charge >= 0.3 is 0 Å². The largest absolute Gasteiger partial charge is 0.495 e. The first kappa shape index (κ1) is 8.57. The highest BCUT2D eigenvalue weighted by molar-refractivity contribution is 7.17. The second-order valence-electron chi connectivity index (χ2n) is 3.18. The van der Waals surface area contributed by atoms with Crippen molar-refractivity contribution in [2.24, 2.45) is 0 Å². The van der Waals surface area contributed by atoms with Crippen molar-refractivity contribution in [3.8, 4) is 5.75 Å². The second kappa shape index (κ2) is 3.04. The Hall–Kier alpha value is -1.02. The van der Waals surface area contributed by atoms with E-state index in [0.717, 1.165) is 5.75 Å². The summed E-state index contributed by atoms with van der Waals surface area (Å²) in [4.78, 5) is 0. The highest BCUT2D eigenvalue weighted by Gasteiger charge is 2.07. The highest BCUT2D eigenvalue weighted by atomic mass is 32.1. The number of hydrogen-bond donors (Lipinski definition) is 0. The molecular weight excluding hydrogens is 180 g/mol. The summed E-state index contributed by atoms with van der Waals surface area (Å²) in [7, 11) is 1.73. The Morgan fingerprint density at radius 2 is 2.08 bits per heavy atom. The third kappa shape index (κ3) is 1.22. The molecule has 2 rings (SSSR count). The summed E-state index contributed by atoms with van der Waals surface area (Å²) in [5, 5.41) is 3.43. The topological polar surface area (TPSA) is 9.23 Å². The van der Waals surface area contributed by atoms with Crippen LogP contribution in [0.25, 0.3) is 10.1 Å². The monoisotopic (exact) mass is 192 g/mol. The first-order valence-electron chi connectivity index (χ1n) is 4.25. The van der Waals surface area contributed by atoms with Crippen LogP contribution in [0.4, 0.5) is 0 Å². The molecule has 0 saturated heterocycles. The third-order valence-corrected chi connectivity index (χ3v) is 3.38. The summed E-state index contributed by atoms with van der Waals surface area (Å²) in [6, 6.07) is 4.26. The molecule has 1 heterocycles. The van der Waals surface area contributed by atoms with Crippen molar-refractivity contribution in [3.05, 3.63) is 28.6 Å². The van der Waals surface area contributed by atoms with Crippen LogP contribution in [0.3, 0.4) is 0 Å². The lowest BCUT2D eigenvalue weighted by molar-refractivity contribution is 0.420. The molecule has 0 amide bonds. The Balaban J connectivity index is 2.87. The van der Waals surface area contributed by atoms with Crippen molar-refractivity contribution < 1.29 is 4.74 Å². The van der Waals surface area contributed by atoms with E-state index in [-0.39, 0.29) is 0 Å². The highest BCUT2D eigenvalue weighted by Crippen LogP contribution is 2.34. The summed E-state index contributed by atoms with van der Waals surface area (Å²) in [6.45, 7) is 4.28. The van der Waals surface area contributed by atoms with Gasteiger partial charge in [0.15, 0.2) is 0 Å². The first-order chi connectivity index (χ1) is 6.24. The van der Waals surface area contributed by atoms with Gasteiger partial charge < -0.3 is 4.74 Å². The van der Waals surface area contributed by atoms with Gasteiger partial charge in [0.2, 0.25) is 0 Å². The molecule has 0 N–H and O–H groups in total. The van der Waals surface area contributed by atoms with Crippen LogP contribution in [0.1, 0.15) is 11.1 Å². The zero-order valence-corrected chi connectivity index (χ0v) is 8.87. The number of ether oxygens (including phenoxy) is 1. The Morgan fingerprint density at radius 3 is 2.77 bits per heavy atom. The Kier molecular flexibility index (Phi) is 2.00. The SMILES string of the molecule is COc1cc(C)c(C)c2ccsc12. The Bertz CT molecular complexity index is 443. The standard InChI is InChI=1S/C11H12OS/c1-7-6-10(12-3)11-9(8(7)2)4-5-13-11/h4-6H,1-3H3. The van der Waals surface area contributed by atoms with Gasteiger partial charge in [-0.1, -0.05) is 0 Å². The minimum absolute atomic E-state index is 0.994. The zero-order valence-electron chi connectivity index (χ0n) is 8.05. The van der Waals surface area contributed by atoms with E-state index in [1.807, 2.05) is 0 Å². The summed E-state index contributed by atoms with van der Waals surface area (Å²) < 4.78 is 6.59. The van der Waals surface area contributed by atoms with Crippen molar-refractivity contribution >= 4 is 21.4 Å². The average molecular weight is 192 g/mol. The van der Waals surface area contributed by atoms with Crippen LogP contribution < -0.4 is 4.74 Å². The number of rotatable bonds is 1. The quantitative estimate of drug-likeness (QED) is 0.671. The van der Waals surface area contributed by atoms with Gasteiger partial charge in [-0.25, -0.2) is 0 Å². The molecular formula is C11H12OS. The van der Waals surface area contributed by atoms with Gasteiger partial charge in [0.05, 0.1) is 11.8 Å². The molecule has 0 unspecified atom stereocenters. The fraction of sp³-hybridized carbons (Fsp3) is 0.273. The fourth-order valence-corrected chi connectivity index (χ4v) is 2.48. The lowest BCUT2D eigenvalue weighted by Gasteiger charge is -2.06. The van der Waals surface area contributed by atoms with Gasteiger partial charge in [-0.3, -0.25) is 0 Å². The van der Waals surface area contributed by atoms with E-state index >= 15 is 0 Å². The number of thiophene rings is 1. The second-order valence-corrected chi connectivity index (χ2v) is 4.10. The number of methoxy groups -OCH3 is 1. The van der Waals surface area contributed by atoms with Crippen molar-refractivity contribution in [2.75, 3.05) is 7.11 Å². The van der Waals surface area contributed by atoms with Gasteiger partial charge in [-0.15, -0.1) is 11.3 Å². The molecule has 1 nitrogen and oxygen atoms in total. The van der Waals surface area contributed by atoms with E-state index in [1.165, 1.54) is 21.2 Å².